The zero-order chi connectivity index (χ0) is 8.55. The Kier molecular flexibility index (Phi) is 2.37. The maximum absolute atomic E-state index is 9.20. The Morgan fingerprint density at radius 2 is 2.08 bits per heavy atom. The molecule has 0 amide bonds. The van der Waals surface area contributed by atoms with Crippen molar-refractivity contribution in [1.82, 2.24) is 4.90 Å². The summed E-state index contributed by atoms with van der Waals surface area (Å²) in [6.45, 7) is 0.394. The van der Waals surface area contributed by atoms with Crippen LogP contribution in [0.25, 0.3) is 0 Å². The molecule has 1 N–H and O–H groups in total. The molecule has 2 aliphatic heterocycles. The van der Waals surface area contributed by atoms with Gasteiger partial charge in [0.2, 0.25) is 0 Å². The van der Waals surface area contributed by atoms with Crippen molar-refractivity contribution >= 4 is 0 Å². The molecule has 3 atom stereocenters. The molecule has 12 heavy (non-hydrogen) atoms. The highest BCUT2D eigenvalue weighted by atomic mass is 16.3. The van der Waals surface area contributed by atoms with Gasteiger partial charge in [0.05, 0.1) is 0 Å². The van der Waals surface area contributed by atoms with Crippen LogP contribution in [0.4, 0.5) is 0 Å². The fourth-order valence-electron chi connectivity index (χ4n) is 2.97. The first-order valence-electron chi connectivity index (χ1n) is 5.15. The molecular formula is C10H19NO. The number of aliphatic hydroxyl groups excluding tert-OH is 1. The first-order valence-corrected chi connectivity index (χ1v) is 5.15. The van der Waals surface area contributed by atoms with E-state index in [1.54, 1.807) is 0 Å². The summed E-state index contributed by atoms with van der Waals surface area (Å²) in [5, 5.41) is 9.20. The number of hydrogen-bond acceptors (Lipinski definition) is 2. The molecule has 0 unspecified atom stereocenters. The zero-order valence-corrected chi connectivity index (χ0v) is 7.87. The maximum atomic E-state index is 9.20. The van der Waals surface area contributed by atoms with E-state index in [2.05, 4.69) is 11.9 Å². The van der Waals surface area contributed by atoms with Gasteiger partial charge in [0.1, 0.15) is 0 Å². The van der Waals surface area contributed by atoms with E-state index in [-0.39, 0.29) is 0 Å². The van der Waals surface area contributed by atoms with Crippen LogP contribution in [-0.4, -0.2) is 35.7 Å². The molecule has 0 aliphatic carbocycles. The summed E-state index contributed by atoms with van der Waals surface area (Å²) in [5.74, 6) is 0.570. The van der Waals surface area contributed by atoms with E-state index < -0.39 is 0 Å². The van der Waals surface area contributed by atoms with Crippen LogP contribution in [-0.2, 0) is 0 Å². The van der Waals surface area contributed by atoms with Gasteiger partial charge in [0.25, 0.3) is 0 Å². The first kappa shape index (κ1) is 8.52. The number of rotatable bonds is 1. The third-order valence-corrected chi connectivity index (χ3v) is 3.74. The number of hydrogen-bond donors (Lipinski definition) is 1. The van der Waals surface area contributed by atoms with Gasteiger partial charge in [-0.2, -0.15) is 0 Å². The molecule has 0 aromatic carbocycles. The summed E-state index contributed by atoms with van der Waals surface area (Å²) in [6, 6.07) is 1.46. The van der Waals surface area contributed by atoms with Crippen molar-refractivity contribution in [3.63, 3.8) is 0 Å². The second-order valence-corrected chi connectivity index (χ2v) is 4.35. The highest BCUT2D eigenvalue weighted by molar-refractivity contribution is 4.93. The summed E-state index contributed by atoms with van der Waals surface area (Å²) < 4.78 is 0. The number of nitrogens with zero attached hydrogens (tertiary/aromatic N) is 1. The number of fused-ring (bicyclic) bond motifs is 2. The average molecular weight is 169 g/mol. The van der Waals surface area contributed by atoms with Crippen molar-refractivity contribution in [2.45, 2.75) is 44.2 Å². The van der Waals surface area contributed by atoms with Crippen molar-refractivity contribution in [3.05, 3.63) is 0 Å². The monoisotopic (exact) mass is 169 g/mol. The predicted molar refractivity (Wildman–Crippen MR) is 49.0 cm³/mol. The second kappa shape index (κ2) is 3.35. The Morgan fingerprint density at radius 1 is 1.33 bits per heavy atom. The average Bonchev–Trinajstić information content (AvgIpc) is 2.20. The summed E-state index contributed by atoms with van der Waals surface area (Å²) in [4.78, 5) is 2.51. The lowest BCUT2D eigenvalue weighted by Gasteiger charge is -2.24. The molecule has 2 rings (SSSR count). The van der Waals surface area contributed by atoms with Gasteiger partial charge in [0.15, 0.2) is 0 Å². The minimum absolute atomic E-state index is 0.394. The van der Waals surface area contributed by atoms with Gasteiger partial charge in [-0.1, -0.05) is 12.8 Å². The first-order chi connectivity index (χ1) is 5.83. The van der Waals surface area contributed by atoms with Crippen molar-refractivity contribution in [2.24, 2.45) is 5.92 Å². The van der Waals surface area contributed by atoms with Crippen LogP contribution < -0.4 is 0 Å². The van der Waals surface area contributed by atoms with Crippen LogP contribution in [0.15, 0.2) is 0 Å². The summed E-state index contributed by atoms with van der Waals surface area (Å²) >= 11 is 0. The fourth-order valence-corrected chi connectivity index (χ4v) is 2.97. The third kappa shape index (κ3) is 1.27. The van der Waals surface area contributed by atoms with Gasteiger partial charge in [0, 0.05) is 18.7 Å². The Morgan fingerprint density at radius 3 is 2.83 bits per heavy atom. The second-order valence-electron chi connectivity index (χ2n) is 4.35. The summed E-state index contributed by atoms with van der Waals surface area (Å²) in [7, 11) is 2.23. The van der Waals surface area contributed by atoms with E-state index in [0.717, 1.165) is 6.04 Å². The molecule has 2 heterocycles. The van der Waals surface area contributed by atoms with Gasteiger partial charge in [-0.15, -0.1) is 0 Å². The van der Waals surface area contributed by atoms with Gasteiger partial charge in [-0.3, -0.25) is 0 Å². The Bertz CT molecular complexity index is 158. The molecule has 0 radical (unpaired) electrons. The lowest BCUT2D eigenvalue weighted by atomic mass is 9.92. The lowest BCUT2D eigenvalue weighted by molar-refractivity contribution is 0.171. The van der Waals surface area contributed by atoms with Crippen LogP contribution in [0.3, 0.4) is 0 Å². The number of aliphatic hydroxyl groups is 1. The van der Waals surface area contributed by atoms with E-state index in [1.807, 2.05) is 0 Å². The highest BCUT2D eigenvalue weighted by Gasteiger charge is 2.39. The molecule has 0 aromatic rings. The summed E-state index contributed by atoms with van der Waals surface area (Å²) in [5.41, 5.74) is 0. The molecule has 0 spiro atoms. The van der Waals surface area contributed by atoms with Crippen LogP contribution in [0, 0.1) is 5.92 Å². The highest BCUT2D eigenvalue weighted by Crippen LogP contribution is 2.36. The molecule has 2 aliphatic rings. The Hall–Kier alpha value is -0.0800. The minimum Gasteiger partial charge on any atom is -0.396 e. The van der Waals surface area contributed by atoms with E-state index in [0.29, 0.717) is 18.6 Å². The van der Waals surface area contributed by atoms with Gasteiger partial charge in [-0.05, 0) is 32.2 Å². The topological polar surface area (TPSA) is 23.5 Å². The molecule has 2 nitrogen and oxygen atoms in total. The molecule has 0 saturated carbocycles. The van der Waals surface area contributed by atoms with Crippen molar-refractivity contribution < 1.29 is 5.11 Å². The lowest BCUT2D eigenvalue weighted by Crippen LogP contribution is -2.32. The molecule has 2 fully saturated rings. The van der Waals surface area contributed by atoms with Crippen LogP contribution in [0.2, 0.25) is 0 Å². The van der Waals surface area contributed by atoms with E-state index in [1.165, 1.54) is 32.1 Å². The van der Waals surface area contributed by atoms with E-state index in [9.17, 15) is 5.11 Å². The molecule has 0 aromatic heterocycles. The quantitative estimate of drug-likeness (QED) is 0.638. The largest absolute Gasteiger partial charge is 0.396 e. The van der Waals surface area contributed by atoms with Crippen molar-refractivity contribution in [2.75, 3.05) is 13.7 Å². The van der Waals surface area contributed by atoms with Crippen LogP contribution in [0.5, 0.6) is 0 Å². The van der Waals surface area contributed by atoms with E-state index >= 15 is 0 Å². The minimum atomic E-state index is 0.394. The Balaban J connectivity index is 2.09. The predicted octanol–water partition coefficient (Wildman–Crippen LogP) is 1.24. The smallest absolute Gasteiger partial charge is 0.0474 e. The zero-order valence-electron chi connectivity index (χ0n) is 7.87. The van der Waals surface area contributed by atoms with E-state index in [4.69, 9.17) is 0 Å². The molecule has 2 bridgehead atoms. The van der Waals surface area contributed by atoms with Gasteiger partial charge >= 0.3 is 0 Å². The summed E-state index contributed by atoms with van der Waals surface area (Å²) in [6.07, 6.45) is 6.64. The standard InChI is InChI=1S/C10H19NO/c1-11-9-4-2-3-5-10(11)8(6-9)7-12/h8-10,12H,2-7H2,1H3/t8-,9-,10+/m1/s1. The van der Waals surface area contributed by atoms with Crippen LogP contribution >= 0.6 is 0 Å². The van der Waals surface area contributed by atoms with Crippen molar-refractivity contribution in [1.29, 1.82) is 0 Å². The molecule has 70 valence electrons. The van der Waals surface area contributed by atoms with Crippen LogP contribution in [0.1, 0.15) is 32.1 Å². The molecule has 2 heteroatoms. The normalized spacial score (nSPS) is 43.0. The van der Waals surface area contributed by atoms with Gasteiger partial charge in [-0.25, -0.2) is 0 Å². The fraction of sp³-hybridized carbons (Fsp3) is 1.00. The molecular weight excluding hydrogens is 150 g/mol. The third-order valence-electron chi connectivity index (χ3n) is 3.74. The SMILES string of the molecule is CN1[C@@H]2CCCC[C@H]1[C@@H](CO)C2. The maximum Gasteiger partial charge on any atom is 0.0474 e. The molecule has 2 saturated heterocycles. The van der Waals surface area contributed by atoms with Crippen molar-refractivity contribution in [3.8, 4) is 0 Å². The van der Waals surface area contributed by atoms with Gasteiger partial charge < -0.3 is 10.0 Å². The Labute approximate surface area is 74.6 Å².